The number of hydrogen-bond acceptors (Lipinski definition) is 5. The van der Waals surface area contributed by atoms with Crippen LogP contribution >= 0.6 is 12.4 Å². The lowest BCUT2D eigenvalue weighted by molar-refractivity contribution is -0.113. The van der Waals surface area contributed by atoms with E-state index in [1.807, 2.05) is 0 Å². The number of ether oxygens (including phenoxy) is 1. The Hall–Kier alpha value is -1.31. The molecular formula is C12H19ClN2O4S. The van der Waals surface area contributed by atoms with Gasteiger partial charge in [0.2, 0.25) is 5.91 Å². The zero-order chi connectivity index (χ0) is 14.3. The molecule has 1 rings (SSSR count). The van der Waals surface area contributed by atoms with Crippen LogP contribution in [-0.2, 0) is 14.6 Å². The van der Waals surface area contributed by atoms with Crippen molar-refractivity contribution < 1.29 is 17.9 Å². The monoisotopic (exact) mass is 322 g/mol. The molecule has 0 heterocycles. The molecule has 0 atom stereocenters. The van der Waals surface area contributed by atoms with Crippen LogP contribution in [0, 0.1) is 0 Å². The van der Waals surface area contributed by atoms with Gasteiger partial charge in [0.1, 0.15) is 18.1 Å². The highest BCUT2D eigenvalue weighted by atomic mass is 35.5. The van der Waals surface area contributed by atoms with Crippen molar-refractivity contribution in [2.45, 2.75) is 6.92 Å². The SMILES string of the molecule is CCS(=O)(=O)CC(=O)Nc1ccc(OCCN)cc1.Cl. The third kappa shape index (κ3) is 6.74. The van der Waals surface area contributed by atoms with Crippen LogP contribution in [0.1, 0.15) is 6.92 Å². The number of amides is 1. The maximum atomic E-state index is 11.5. The minimum atomic E-state index is -3.31. The van der Waals surface area contributed by atoms with Gasteiger partial charge in [-0.25, -0.2) is 8.42 Å². The molecule has 0 aliphatic heterocycles. The number of carbonyl (C=O) groups excluding carboxylic acids is 1. The molecule has 8 heteroatoms. The van der Waals surface area contributed by atoms with Crippen LogP contribution in [0.15, 0.2) is 24.3 Å². The molecule has 0 spiro atoms. The Morgan fingerprint density at radius 3 is 2.40 bits per heavy atom. The van der Waals surface area contributed by atoms with Crippen molar-refractivity contribution in [1.29, 1.82) is 0 Å². The number of rotatable bonds is 7. The second-order valence-electron chi connectivity index (χ2n) is 3.89. The Morgan fingerprint density at radius 1 is 1.30 bits per heavy atom. The average Bonchev–Trinajstić information content (AvgIpc) is 2.37. The largest absolute Gasteiger partial charge is 0.492 e. The summed E-state index contributed by atoms with van der Waals surface area (Å²) in [6.07, 6.45) is 0. The van der Waals surface area contributed by atoms with Crippen LogP contribution in [0.25, 0.3) is 0 Å². The summed E-state index contributed by atoms with van der Waals surface area (Å²) in [4.78, 5) is 11.5. The molecule has 1 aromatic rings. The maximum Gasteiger partial charge on any atom is 0.239 e. The van der Waals surface area contributed by atoms with E-state index in [4.69, 9.17) is 10.5 Å². The molecule has 0 saturated heterocycles. The third-order valence-electron chi connectivity index (χ3n) is 2.32. The fraction of sp³-hybridized carbons (Fsp3) is 0.417. The number of hydrogen-bond donors (Lipinski definition) is 2. The van der Waals surface area contributed by atoms with Crippen LogP contribution in [-0.4, -0.2) is 39.0 Å². The smallest absolute Gasteiger partial charge is 0.239 e. The van der Waals surface area contributed by atoms with Crippen LogP contribution in [0.4, 0.5) is 5.69 Å². The Kier molecular flexibility index (Phi) is 8.21. The van der Waals surface area contributed by atoms with Gasteiger partial charge in [-0.3, -0.25) is 4.79 Å². The van der Waals surface area contributed by atoms with Gasteiger partial charge in [0.15, 0.2) is 9.84 Å². The van der Waals surface area contributed by atoms with Crippen LogP contribution in [0.2, 0.25) is 0 Å². The van der Waals surface area contributed by atoms with Gasteiger partial charge in [-0.1, -0.05) is 6.92 Å². The van der Waals surface area contributed by atoms with Crippen LogP contribution in [0.5, 0.6) is 5.75 Å². The second-order valence-corrected chi connectivity index (χ2v) is 6.24. The topological polar surface area (TPSA) is 98.5 Å². The lowest BCUT2D eigenvalue weighted by Crippen LogP contribution is -2.23. The summed E-state index contributed by atoms with van der Waals surface area (Å²) in [6, 6.07) is 6.64. The first-order valence-corrected chi connectivity index (χ1v) is 7.72. The number of anilines is 1. The van der Waals surface area contributed by atoms with E-state index < -0.39 is 21.5 Å². The first-order chi connectivity index (χ1) is 8.96. The normalized spacial score (nSPS) is 10.5. The summed E-state index contributed by atoms with van der Waals surface area (Å²) in [7, 11) is -3.31. The van der Waals surface area contributed by atoms with Gasteiger partial charge >= 0.3 is 0 Å². The van der Waals surface area contributed by atoms with E-state index in [9.17, 15) is 13.2 Å². The Bertz CT molecular complexity index is 517. The van der Waals surface area contributed by atoms with Crippen molar-refractivity contribution in [3.63, 3.8) is 0 Å². The van der Waals surface area contributed by atoms with Crippen molar-refractivity contribution in [3.8, 4) is 5.75 Å². The van der Waals surface area contributed by atoms with E-state index in [1.54, 1.807) is 24.3 Å². The molecule has 20 heavy (non-hydrogen) atoms. The van der Waals surface area contributed by atoms with E-state index in [0.29, 0.717) is 24.6 Å². The van der Waals surface area contributed by atoms with Gasteiger partial charge < -0.3 is 15.8 Å². The van der Waals surface area contributed by atoms with Gasteiger partial charge in [-0.05, 0) is 24.3 Å². The zero-order valence-corrected chi connectivity index (χ0v) is 12.8. The lowest BCUT2D eigenvalue weighted by atomic mass is 10.3. The van der Waals surface area contributed by atoms with Crippen molar-refractivity contribution in [3.05, 3.63) is 24.3 Å². The maximum absolute atomic E-state index is 11.5. The predicted octanol–water partition coefficient (Wildman–Crippen LogP) is 0.819. The summed E-state index contributed by atoms with van der Waals surface area (Å²) in [5.41, 5.74) is 5.83. The molecule has 0 radical (unpaired) electrons. The standard InChI is InChI=1S/C12H18N2O4S.ClH/c1-2-19(16,17)9-12(15)14-10-3-5-11(6-4-10)18-8-7-13;/h3-6H,2,7-9,13H2,1H3,(H,14,15);1H. The fourth-order valence-electron chi connectivity index (χ4n) is 1.31. The summed E-state index contributed by atoms with van der Waals surface area (Å²) in [5, 5.41) is 2.52. The third-order valence-corrected chi connectivity index (χ3v) is 3.90. The number of nitrogens with one attached hydrogen (secondary N) is 1. The molecule has 3 N–H and O–H groups in total. The van der Waals surface area contributed by atoms with Crippen LogP contribution in [0.3, 0.4) is 0 Å². The Balaban J connectivity index is 0.00000361. The van der Waals surface area contributed by atoms with Crippen molar-refractivity contribution >= 4 is 33.8 Å². The second kappa shape index (κ2) is 8.78. The highest BCUT2D eigenvalue weighted by molar-refractivity contribution is 7.92. The Labute approximate surface area is 125 Å². The van der Waals surface area contributed by atoms with Crippen molar-refractivity contribution in [1.82, 2.24) is 0 Å². The average molecular weight is 323 g/mol. The van der Waals surface area contributed by atoms with Gasteiger partial charge in [-0.2, -0.15) is 0 Å². The summed E-state index contributed by atoms with van der Waals surface area (Å²) in [5.74, 6) is -0.455. The summed E-state index contributed by atoms with van der Waals surface area (Å²) < 4.78 is 27.8. The van der Waals surface area contributed by atoms with Gasteiger partial charge in [0.05, 0.1) is 0 Å². The molecule has 1 amide bonds. The summed E-state index contributed by atoms with van der Waals surface area (Å²) in [6.45, 7) is 2.35. The quantitative estimate of drug-likeness (QED) is 0.774. The van der Waals surface area contributed by atoms with Crippen LogP contribution < -0.4 is 15.8 Å². The number of carbonyl (C=O) groups is 1. The zero-order valence-electron chi connectivity index (χ0n) is 11.2. The van der Waals surface area contributed by atoms with Gasteiger partial charge in [0, 0.05) is 18.0 Å². The molecule has 0 unspecified atom stereocenters. The minimum absolute atomic E-state index is 0. The van der Waals surface area contributed by atoms with E-state index in [0.717, 1.165) is 0 Å². The first-order valence-electron chi connectivity index (χ1n) is 5.90. The van der Waals surface area contributed by atoms with Gasteiger partial charge in [-0.15, -0.1) is 12.4 Å². The molecular weight excluding hydrogens is 304 g/mol. The number of halogens is 1. The Morgan fingerprint density at radius 2 is 1.90 bits per heavy atom. The van der Waals surface area contributed by atoms with E-state index in [-0.39, 0.29) is 18.2 Å². The summed E-state index contributed by atoms with van der Waals surface area (Å²) >= 11 is 0. The number of benzene rings is 1. The van der Waals surface area contributed by atoms with E-state index in [1.165, 1.54) is 6.92 Å². The highest BCUT2D eigenvalue weighted by Gasteiger charge is 2.14. The molecule has 0 bridgehead atoms. The van der Waals surface area contributed by atoms with Crippen molar-refractivity contribution in [2.75, 3.05) is 30.0 Å². The molecule has 0 aliphatic carbocycles. The lowest BCUT2D eigenvalue weighted by Gasteiger charge is -2.07. The minimum Gasteiger partial charge on any atom is -0.492 e. The first kappa shape index (κ1) is 18.7. The number of nitrogens with two attached hydrogens (primary N) is 1. The fourth-order valence-corrected chi connectivity index (χ4v) is 1.99. The van der Waals surface area contributed by atoms with E-state index >= 15 is 0 Å². The molecule has 0 aromatic heterocycles. The predicted molar refractivity (Wildman–Crippen MR) is 81.2 cm³/mol. The molecule has 6 nitrogen and oxygen atoms in total. The molecule has 0 aliphatic rings. The molecule has 1 aromatic carbocycles. The van der Waals surface area contributed by atoms with Gasteiger partial charge in [0.25, 0.3) is 0 Å². The van der Waals surface area contributed by atoms with Crippen molar-refractivity contribution in [2.24, 2.45) is 5.73 Å². The van der Waals surface area contributed by atoms with E-state index in [2.05, 4.69) is 5.32 Å². The molecule has 0 fully saturated rings. The number of sulfone groups is 1. The highest BCUT2D eigenvalue weighted by Crippen LogP contribution is 2.15. The molecule has 114 valence electrons. The molecule has 0 saturated carbocycles.